The summed E-state index contributed by atoms with van der Waals surface area (Å²) in [6.07, 6.45) is -4.58. The molecule has 3 rings (SSSR count). The van der Waals surface area contributed by atoms with Crippen molar-refractivity contribution in [3.05, 3.63) is 65.9 Å². The van der Waals surface area contributed by atoms with Crippen LogP contribution in [0.3, 0.4) is 0 Å². The second kappa shape index (κ2) is 7.31. The highest BCUT2D eigenvalue weighted by Crippen LogP contribution is 2.30. The predicted octanol–water partition coefficient (Wildman–Crippen LogP) is 2.88. The Bertz CT molecular complexity index is 1100. The van der Waals surface area contributed by atoms with Gasteiger partial charge in [0.2, 0.25) is 0 Å². The van der Waals surface area contributed by atoms with Gasteiger partial charge in [0.1, 0.15) is 0 Å². The van der Waals surface area contributed by atoms with E-state index in [1.807, 2.05) is 0 Å². The summed E-state index contributed by atoms with van der Waals surface area (Å²) >= 11 is 0. The molecule has 0 saturated carbocycles. The summed E-state index contributed by atoms with van der Waals surface area (Å²) in [6.45, 7) is 0. The Hall–Kier alpha value is -3.41. The lowest BCUT2D eigenvalue weighted by Gasteiger charge is -2.10. The molecule has 0 radical (unpaired) electrons. The first-order chi connectivity index (χ1) is 13.2. The number of halogens is 3. The number of H-pyrrole nitrogens is 1. The Morgan fingerprint density at radius 3 is 2.39 bits per heavy atom. The lowest BCUT2D eigenvalue weighted by atomic mass is 10.2. The third-order valence-electron chi connectivity index (χ3n) is 3.50. The van der Waals surface area contributed by atoms with Crippen LogP contribution in [0, 0.1) is 0 Å². The Morgan fingerprint density at radius 2 is 1.71 bits per heavy atom. The number of amides is 1. The SMILES string of the molecule is O=C(Nc1cccc(C(F)(F)F)c1)c1n[nH]nc1NS(=O)(=O)c1ccccc1. The molecule has 0 saturated heterocycles. The lowest BCUT2D eigenvalue weighted by molar-refractivity contribution is -0.137. The van der Waals surface area contributed by atoms with Gasteiger partial charge in [0.15, 0.2) is 11.5 Å². The van der Waals surface area contributed by atoms with Crippen LogP contribution in [0.25, 0.3) is 0 Å². The molecule has 1 heterocycles. The number of benzene rings is 2. The summed E-state index contributed by atoms with van der Waals surface area (Å²) in [4.78, 5) is 12.3. The summed E-state index contributed by atoms with van der Waals surface area (Å²) in [6, 6.07) is 11.3. The van der Waals surface area contributed by atoms with Crippen molar-refractivity contribution in [2.75, 3.05) is 10.0 Å². The number of alkyl halides is 3. The molecule has 0 fully saturated rings. The zero-order valence-electron chi connectivity index (χ0n) is 13.9. The van der Waals surface area contributed by atoms with E-state index in [1.165, 1.54) is 30.3 Å². The van der Waals surface area contributed by atoms with Crippen molar-refractivity contribution in [1.82, 2.24) is 15.4 Å². The number of rotatable bonds is 5. The Kier molecular flexibility index (Phi) is 5.05. The molecule has 0 aliphatic carbocycles. The number of nitrogens with one attached hydrogen (secondary N) is 3. The van der Waals surface area contributed by atoms with Crippen LogP contribution in [0.2, 0.25) is 0 Å². The largest absolute Gasteiger partial charge is 0.416 e. The molecule has 12 heteroatoms. The summed E-state index contributed by atoms with van der Waals surface area (Å²) in [5, 5.41) is 11.5. The highest BCUT2D eigenvalue weighted by molar-refractivity contribution is 7.92. The van der Waals surface area contributed by atoms with Crippen LogP contribution < -0.4 is 10.0 Å². The van der Waals surface area contributed by atoms with Crippen molar-refractivity contribution in [3.63, 3.8) is 0 Å². The number of aromatic nitrogens is 3. The highest BCUT2D eigenvalue weighted by Gasteiger charge is 2.30. The molecule has 0 bridgehead atoms. The third kappa shape index (κ3) is 4.28. The van der Waals surface area contributed by atoms with Gasteiger partial charge in [0, 0.05) is 5.69 Å². The van der Waals surface area contributed by atoms with E-state index in [0.717, 1.165) is 18.2 Å². The Labute approximate surface area is 156 Å². The zero-order chi connectivity index (χ0) is 20.4. The fourth-order valence-electron chi connectivity index (χ4n) is 2.21. The van der Waals surface area contributed by atoms with E-state index in [2.05, 4.69) is 25.4 Å². The molecule has 8 nitrogen and oxygen atoms in total. The lowest BCUT2D eigenvalue weighted by Crippen LogP contribution is -2.19. The van der Waals surface area contributed by atoms with Crippen LogP contribution in [-0.2, 0) is 16.2 Å². The highest BCUT2D eigenvalue weighted by atomic mass is 32.2. The van der Waals surface area contributed by atoms with Gasteiger partial charge in [-0.1, -0.05) is 24.3 Å². The van der Waals surface area contributed by atoms with Crippen molar-refractivity contribution in [1.29, 1.82) is 0 Å². The fourth-order valence-corrected chi connectivity index (χ4v) is 3.24. The van der Waals surface area contributed by atoms with Crippen molar-refractivity contribution in [2.24, 2.45) is 0 Å². The molecule has 3 N–H and O–H groups in total. The summed E-state index contributed by atoms with van der Waals surface area (Å²) in [5.74, 6) is -1.34. The molecule has 1 aromatic heterocycles. The van der Waals surface area contributed by atoms with E-state index >= 15 is 0 Å². The molecule has 146 valence electrons. The first kappa shape index (κ1) is 19.4. The molecule has 0 unspecified atom stereocenters. The molecule has 0 aliphatic heterocycles. The zero-order valence-corrected chi connectivity index (χ0v) is 14.7. The molecule has 1 amide bonds. The van der Waals surface area contributed by atoms with Crippen LogP contribution in [-0.4, -0.2) is 29.7 Å². The fraction of sp³-hybridized carbons (Fsp3) is 0.0625. The van der Waals surface area contributed by atoms with Gasteiger partial charge >= 0.3 is 6.18 Å². The first-order valence-corrected chi connectivity index (χ1v) is 9.12. The Balaban J connectivity index is 1.81. The van der Waals surface area contributed by atoms with Gasteiger partial charge in [-0.15, -0.1) is 10.2 Å². The van der Waals surface area contributed by atoms with Crippen LogP contribution in [0.4, 0.5) is 24.7 Å². The van der Waals surface area contributed by atoms with Crippen molar-refractivity contribution in [2.45, 2.75) is 11.1 Å². The minimum absolute atomic E-state index is 0.0674. The monoisotopic (exact) mass is 411 g/mol. The van der Waals surface area contributed by atoms with Gasteiger partial charge in [-0.3, -0.25) is 9.52 Å². The molecular weight excluding hydrogens is 399 g/mol. The van der Waals surface area contributed by atoms with Crippen molar-refractivity contribution < 1.29 is 26.4 Å². The van der Waals surface area contributed by atoms with E-state index < -0.39 is 39.2 Å². The molecule has 28 heavy (non-hydrogen) atoms. The van der Waals surface area contributed by atoms with E-state index in [0.29, 0.717) is 0 Å². The maximum Gasteiger partial charge on any atom is 0.416 e. The van der Waals surface area contributed by atoms with E-state index in [9.17, 15) is 26.4 Å². The number of hydrogen-bond donors (Lipinski definition) is 3. The molecular formula is C16H12F3N5O3S. The van der Waals surface area contributed by atoms with Crippen molar-refractivity contribution >= 4 is 27.4 Å². The van der Waals surface area contributed by atoms with Crippen LogP contribution in [0.5, 0.6) is 0 Å². The van der Waals surface area contributed by atoms with Gasteiger partial charge in [0.05, 0.1) is 10.5 Å². The Morgan fingerprint density at radius 1 is 1.00 bits per heavy atom. The second-order valence-electron chi connectivity index (χ2n) is 5.47. The van der Waals surface area contributed by atoms with Crippen LogP contribution >= 0.6 is 0 Å². The summed E-state index contributed by atoms with van der Waals surface area (Å²) < 4.78 is 65.1. The standard InChI is InChI=1S/C16H12F3N5O3S/c17-16(18,19)10-5-4-6-11(9-10)20-15(25)13-14(22-24-21-13)23-28(26,27)12-7-2-1-3-8-12/h1-9H,(H,20,25)(H2,21,22,23,24). The third-order valence-corrected chi connectivity index (χ3v) is 4.85. The average molecular weight is 411 g/mol. The topological polar surface area (TPSA) is 117 Å². The number of sulfonamides is 1. The van der Waals surface area contributed by atoms with Gasteiger partial charge < -0.3 is 5.32 Å². The maximum atomic E-state index is 12.8. The minimum Gasteiger partial charge on any atom is -0.320 e. The average Bonchev–Trinajstić information content (AvgIpc) is 3.09. The number of anilines is 2. The van der Waals surface area contributed by atoms with Gasteiger partial charge in [-0.25, -0.2) is 8.42 Å². The van der Waals surface area contributed by atoms with Crippen LogP contribution in [0.15, 0.2) is 59.5 Å². The number of aromatic amines is 1. The number of nitrogens with zero attached hydrogens (tertiary/aromatic N) is 2. The molecule has 3 aromatic rings. The number of carbonyl (C=O) groups is 1. The normalized spacial score (nSPS) is 11.8. The van der Waals surface area contributed by atoms with Crippen LogP contribution in [0.1, 0.15) is 16.1 Å². The smallest absolute Gasteiger partial charge is 0.320 e. The minimum atomic E-state index is -4.58. The predicted molar refractivity (Wildman–Crippen MR) is 93.0 cm³/mol. The second-order valence-corrected chi connectivity index (χ2v) is 7.15. The first-order valence-electron chi connectivity index (χ1n) is 7.64. The van der Waals surface area contributed by atoms with E-state index in [1.54, 1.807) is 6.07 Å². The van der Waals surface area contributed by atoms with Gasteiger partial charge in [-0.05, 0) is 30.3 Å². The van der Waals surface area contributed by atoms with Gasteiger partial charge in [-0.2, -0.15) is 18.4 Å². The summed E-state index contributed by atoms with van der Waals surface area (Å²) in [5.41, 5.74) is -1.52. The molecule has 0 spiro atoms. The molecule has 2 aromatic carbocycles. The molecule has 0 aliphatic rings. The van der Waals surface area contributed by atoms with E-state index in [4.69, 9.17) is 0 Å². The number of hydrogen-bond acceptors (Lipinski definition) is 5. The maximum absolute atomic E-state index is 12.8. The van der Waals surface area contributed by atoms with Crippen molar-refractivity contribution in [3.8, 4) is 0 Å². The van der Waals surface area contributed by atoms with Gasteiger partial charge in [0.25, 0.3) is 15.9 Å². The molecule has 0 atom stereocenters. The number of carbonyl (C=O) groups excluding carboxylic acids is 1. The quantitative estimate of drug-likeness (QED) is 0.597. The summed E-state index contributed by atoms with van der Waals surface area (Å²) in [7, 11) is -4.04. The van der Waals surface area contributed by atoms with E-state index in [-0.39, 0.29) is 10.6 Å².